The van der Waals surface area contributed by atoms with Crippen molar-refractivity contribution in [3.63, 3.8) is 0 Å². The molecule has 8 heteroatoms. The zero-order chi connectivity index (χ0) is 22.8. The second-order valence-electron chi connectivity index (χ2n) is 8.37. The summed E-state index contributed by atoms with van der Waals surface area (Å²) >= 11 is 7.92. The van der Waals surface area contributed by atoms with Gasteiger partial charge in [0.1, 0.15) is 5.15 Å². The number of nitrogens with zero attached hydrogens (tertiary/aromatic N) is 4. The zero-order valence-electron chi connectivity index (χ0n) is 18.5. The van der Waals surface area contributed by atoms with Crippen LogP contribution in [0.4, 0.5) is 0 Å². The lowest BCUT2D eigenvalue weighted by Crippen LogP contribution is -2.22. The van der Waals surface area contributed by atoms with Gasteiger partial charge in [0.25, 0.3) is 5.56 Å². The van der Waals surface area contributed by atoms with Gasteiger partial charge in [0.15, 0.2) is 0 Å². The standard InChI is InChI=1S/C24H27ClN4O2S/c1-15(2)11-20-18-14-29(13-16-12-21(25)26-19-8-5-4-7-17(16)19)24(32-10-6-9-30)22(18)23(31)28(3)27-20/h4-5,7-8,12,14-15,30H,6,9-11,13H2,1-3H3. The van der Waals surface area contributed by atoms with Gasteiger partial charge < -0.3 is 9.67 Å². The van der Waals surface area contributed by atoms with Gasteiger partial charge in [-0.15, -0.1) is 11.8 Å². The van der Waals surface area contributed by atoms with Gasteiger partial charge in [-0.05, 0) is 36.5 Å². The normalized spacial score (nSPS) is 11.8. The molecule has 1 aromatic carbocycles. The molecule has 0 atom stereocenters. The number of rotatable bonds is 8. The van der Waals surface area contributed by atoms with Crippen LogP contribution in [0.25, 0.3) is 21.7 Å². The Balaban J connectivity index is 1.91. The number of benzene rings is 1. The van der Waals surface area contributed by atoms with Crippen molar-refractivity contribution in [3.8, 4) is 0 Å². The van der Waals surface area contributed by atoms with Gasteiger partial charge in [-0.2, -0.15) is 5.10 Å². The molecule has 3 heterocycles. The van der Waals surface area contributed by atoms with Gasteiger partial charge in [-0.25, -0.2) is 9.67 Å². The van der Waals surface area contributed by atoms with Crippen molar-refractivity contribution in [1.29, 1.82) is 0 Å². The molecule has 0 saturated heterocycles. The topological polar surface area (TPSA) is 72.9 Å². The van der Waals surface area contributed by atoms with Crippen LogP contribution in [0.5, 0.6) is 0 Å². The average molecular weight is 471 g/mol. The fraction of sp³-hybridized carbons (Fsp3) is 0.375. The van der Waals surface area contributed by atoms with E-state index < -0.39 is 0 Å². The first kappa shape index (κ1) is 22.8. The van der Waals surface area contributed by atoms with Crippen molar-refractivity contribution in [2.24, 2.45) is 13.0 Å². The van der Waals surface area contributed by atoms with Crippen LogP contribution < -0.4 is 5.56 Å². The molecule has 6 nitrogen and oxygen atoms in total. The minimum absolute atomic E-state index is 0.102. The van der Waals surface area contributed by atoms with Gasteiger partial charge in [0.05, 0.1) is 21.6 Å². The third-order valence-corrected chi connectivity index (χ3v) is 6.77. The maximum Gasteiger partial charge on any atom is 0.277 e. The molecule has 0 spiro atoms. The molecule has 168 valence electrons. The van der Waals surface area contributed by atoms with Crippen molar-refractivity contribution in [2.45, 2.75) is 38.3 Å². The largest absolute Gasteiger partial charge is 0.396 e. The summed E-state index contributed by atoms with van der Waals surface area (Å²) in [4.78, 5) is 17.6. The highest BCUT2D eigenvalue weighted by Crippen LogP contribution is 2.32. The fourth-order valence-electron chi connectivity index (χ4n) is 3.97. The van der Waals surface area contributed by atoms with Crippen molar-refractivity contribution in [2.75, 3.05) is 12.4 Å². The Hall–Kier alpha value is -2.35. The van der Waals surface area contributed by atoms with Crippen molar-refractivity contribution in [1.82, 2.24) is 19.3 Å². The summed E-state index contributed by atoms with van der Waals surface area (Å²) in [6.07, 6.45) is 3.50. The first-order valence-electron chi connectivity index (χ1n) is 10.8. The first-order chi connectivity index (χ1) is 15.4. The predicted octanol–water partition coefficient (Wildman–Crippen LogP) is 4.66. The molecule has 0 aliphatic rings. The van der Waals surface area contributed by atoms with Crippen LogP contribution in [0.3, 0.4) is 0 Å². The molecule has 0 bridgehead atoms. The molecular formula is C24H27ClN4O2S. The van der Waals surface area contributed by atoms with Crippen molar-refractivity contribution in [3.05, 3.63) is 63.3 Å². The number of hydrogen-bond donors (Lipinski definition) is 1. The lowest BCUT2D eigenvalue weighted by molar-refractivity contribution is 0.296. The molecule has 0 radical (unpaired) electrons. The number of hydrogen-bond acceptors (Lipinski definition) is 5. The Morgan fingerprint density at radius 3 is 2.75 bits per heavy atom. The summed E-state index contributed by atoms with van der Waals surface area (Å²) < 4.78 is 3.57. The molecule has 0 unspecified atom stereocenters. The van der Waals surface area contributed by atoms with Gasteiger partial charge >= 0.3 is 0 Å². The summed E-state index contributed by atoms with van der Waals surface area (Å²) in [5.74, 6) is 1.14. The zero-order valence-corrected chi connectivity index (χ0v) is 20.1. The number of para-hydroxylation sites is 1. The maximum absolute atomic E-state index is 13.1. The minimum atomic E-state index is -0.102. The molecule has 0 fully saturated rings. The van der Waals surface area contributed by atoms with Crippen LogP contribution in [0.2, 0.25) is 5.15 Å². The van der Waals surface area contributed by atoms with Gasteiger partial charge in [0, 0.05) is 42.9 Å². The van der Waals surface area contributed by atoms with Crippen molar-refractivity contribution >= 4 is 45.0 Å². The monoisotopic (exact) mass is 470 g/mol. The maximum atomic E-state index is 13.1. The Morgan fingerprint density at radius 1 is 1.22 bits per heavy atom. The number of aliphatic hydroxyl groups excluding tert-OH is 1. The third-order valence-electron chi connectivity index (χ3n) is 5.37. The summed E-state index contributed by atoms with van der Waals surface area (Å²) in [6.45, 7) is 4.98. The lowest BCUT2D eigenvalue weighted by atomic mass is 10.1. The smallest absolute Gasteiger partial charge is 0.277 e. The summed E-state index contributed by atoms with van der Waals surface area (Å²) in [7, 11) is 1.71. The van der Waals surface area contributed by atoms with Crippen LogP contribution >= 0.6 is 23.4 Å². The number of aryl methyl sites for hydroxylation is 1. The highest BCUT2D eigenvalue weighted by atomic mass is 35.5. The second-order valence-corrected chi connectivity index (χ2v) is 9.84. The van der Waals surface area contributed by atoms with Gasteiger partial charge in [-0.1, -0.05) is 43.6 Å². The molecule has 0 amide bonds. The number of aromatic nitrogens is 4. The van der Waals surface area contributed by atoms with E-state index in [4.69, 9.17) is 11.6 Å². The average Bonchev–Trinajstić information content (AvgIpc) is 3.10. The molecule has 4 rings (SSSR count). The van der Waals surface area contributed by atoms with E-state index in [1.54, 1.807) is 18.8 Å². The minimum Gasteiger partial charge on any atom is -0.396 e. The SMILES string of the molecule is CC(C)Cc1nn(C)c(=O)c2c(SCCCO)n(Cc3cc(Cl)nc4ccccc34)cc12. The first-order valence-corrected chi connectivity index (χ1v) is 12.1. The van der Waals surface area contributed by atoms with E-state index in [0.717, 1.165) is 44.7 Å². The van der Waals surface area contributed by atoms with E-state index in [9.17, 15) is 9.90 Å². The number of thioether (sulfide) groups is 1. The van der Waals surface area contributed by atoms with E-state index in [2.05, 4.69) is 28.5 Å². The fourth-order valence-corrected chi connectivity index (χ4v) is 5.29. The van der Waals surface area contributed by atoms with E-state index in [1.807, 2.05) is 36.5 Å². The van der Waals surface area contributed by atoms with Crippen molar-refractivity contribution < 1.29 is 5.11 Å². The number of halogens is 1. The Labute approximate surface area is 196 Å². The highest BCUT2D eigenvalue weighted by Gasteiger charge is 2.20. The van der Waals surface area contributed by atoms with Gasteiger partial charge in [0.2, 0.25) is 0 Å². The second kappa shape index (κ2) is 9.65. The molecule has 3 aromatic heterocycles. The number of fused-ring (bicyclic) bond motifs is 2. The Kier molecular flexibility index (Phi) is 6.88. The van der Waals surface area contributed by atoms with E-state index in [1.165, 1.54) is 4.68 Å². The summed E-state index contributed by atoms with van der Waals surface area (Å²) in [5, 5.41) is 17.8. The van der Waals surface area contributed by atoms with Crippen LogP contribution in [0.15, 0.2) is 46.3 Å². The molecule has 1 N–H and O–H groups in total. The molecule has 0 aliphatic heterocycles. The number of pyridine rings is 1. The number of aliphatic hydroxyl groups is 1. The Bertz CT molecular complexity index is 1330. The quantitative estimate of drug-likeness (QED) is 0.230. The van der Waals surface area contributed by atoms with Crippen LogP contribution in [0, 0.1) is 5.92 Å². The third kappa shape index (κ3) is 4.56. The predicted molar refractivity (Wildman–Crippen MR) is 132 cm³/mol. The van der Waals surface area contributed by atoms with E-state index in [-0.39, 0.29) is 12.2 Å². The van der Waals surface area contributed by atoms with E-state index in [0.29, 0.717) is 29.4 Å². The summed E-state index contributed by atoms with van der Waals surface area (Å²) in [5.41, 5.74) is 2.72. The molecule has 0 aliphatic carbocycles. The van der Waals surface area contributed by atoms with Crippen LogP contribution in [-0.4, -0.2) is 36.8 Å². The lowest BCUT2D eigenvalue weighted by Gasteiger charge is -2.12. The highest BCUT2D eigenvalue weighted by molar-refractivity contribution is 7.99. The molecule has 4 aromatic rings. The van der Waals surface area contributed by atoms with E-state index >= 15 is 0 Å². The molecular weight excluding hydrogens is 444 g/mol. The van der Waals surface area contributed by atoms with Crippen LogP contribution in [-0.2, 0) is 20.0 Å². The molecule has 32 heavy (non-hydrogen) atoms. The van der Waals surface area contributed by atoms with Gasteiger partial charge in [-0.3, -0.25) is 4.79 Å². The molecule has 0 saturated carbocycles. The van der Waals surface area contributed by atoms with Crippen LogP contribution in [0.1, 0.15) is 31.5 Å². The Morgan fingerprint density at radius 2 is 2.00 bits per heavy atom. The summed E-state index contributed by atoms with van der Waals surface area (Å²) in [6, 6.07) is 9.82.